The van der Waals surface area contributed by atoms with Gasteiger partial charge in [0.2, 0.25) is 0 Å². The van der Waals surface area contributed by atoms with Gasteiger partial charge in [-0.05, 0) is 59.1 Å². The third kappa shape index (κ3) is 4.59. The molecule has 0 atom stereocenters. The maximum atomic E-state index is 5.87. The van der Waals surface area contributed by atoms with Crippen molar-refractivity contribution < 1.29 is 4.84 Å². The highest BCUT2D eigenvalue weighted by Crippen LogP contribution is 2.34. The maximum Gasteiger partial charge on any atom is 0.142 e. The lowest BCUT2D eigenvalue weighted by Gasteiger charge is -2.12. The smallest absolute Gasteiger partial charge is 0.142 e. The fourth-order valence-corrected chi connectivity index (χ4v) is 3.70. The van der Waals surface area contributed by atoms with E-state index in [-0.39, 0.29) is 0 Å². The zero-order chi connectivity index (χ0) is 20.2. The Balaban J connectivity index is 1.51. The van der Waals surface area contributed by atoms with Crippen LogP contribution in [0.3, 0.4) is 0 Å². The first-order chi connectivity index (χ1) is 14.1. The molecule has 3 aromatic carbocycles. The standard InChI is InChI=1S/C27H29NO/c1-19(2)21-12-14-23(15-13-21)27(24-16-17-24)28-29-18-25-10-7-11-26(20(25)3)22-8-5-4-6-9-22/h4-15,19,24H,16-18H2,1-3H3/b28-27-. The van der Waals surface area contributed by atoms with Crippen molar-refractivity contribution in [1.82, 2.24) is 0 Å². The third-order valence-electron chi connectivity index (χ3n) is 5.75. The first-order valence-corrected chi connectivity index (χ1v) is 10.6. The van der Waals surface area contributed by atoms with E-state index in [1.807, 2.05) is 6.07 Å². The lowest BCUT2D eigenvalue weighted by Crippen LogP contribution is -2.05. The molecule has 0 heterocycles. The highest BCUT2D eigenvalue weighted by Gasteiger charge is 2.29. The van der Waals surface area contributed by atoms with E-state index in [2.05, 4.69) is 92.7 Å². The van der Waals surface area contributed by atoms with Gasteiger partial charge in [-0.2, -0.15) is 0 Å². The summed E-state index contributed by atoms with van der Waals surface area (Å²) in [5.41, 5.74) is 8.56. The first kappa shape index (κ1) is 19.4. The molecule has 148 valence electrons. The molecule has 2 nitrogen and oxygen atoms in total. The molecule has 0 N–H and O–H groups in total. The number of nitrogens with zero attached hydrogens (tertiary/aromatic N) is 1. The molecule has 0 amide bonds. The molecule has 1 aliphatic rings. The van der Waals surface area contributed by atoms with Gasteiger partial charge in [0.15, 0.2) is 0 Å². The molecular formula is C27H29NO. The second kappa shape index (κ2) is 8.65. The highest BCUT2D eigenvalue weighted by atomic mass is 16.6. The fourth-order valence-electron chi connectivity index (χ4n) is 3.70. The Labute approximate surface area is 174 Å². The molecule has 2 heteroatoms. The van der Waals surface area contributed by atoms with Crippen molar-refractivity contribution in [3.05, 3.63) is 95.1 Å². The summed E-state index contributed by atoms with van der Waals surface area (Å²) in [6.45, 7) is 7.10. The van der Waals surface area contributed by atoms with Gasteiger partial charge in [0, 0.05) is 5.92 Å². The summed E-state index contributed by atoms with van der Waals surface area (Å²) >= 11 is 0. The van der Waals surface area contributed by atoms with Crippen LogP contribution >= 0.6 is 0 Å². The minimum Gasteiger partial charge on any atom is -0.391 e. The number of hydrogen-bond acceptors (Lipinski definition) is 2. The number of hydrogen-bond donors (Lipinski definition) is 0. The number of oxime groups is 1. The Hall–Kier alpha value is -2.87. The molecule has 0 radical (unpaired) electrons. The predicted molar refractivity (Wildman–Crippen MR) is 121 cm³/mol. The average molecular weight is 384 g/mol. The van der Waals surface area contributed by atoms with E-state index in [1.165, 1.54) is 46.2 Å². The van der Waals surface area contributed by atoms with Crippen LogP contribution in [0, 0.1) is 12.8 Å². The van der Waals surface area contributed by atoms with Crippen LogP contribution in [-0.4, -0.2) is 5.71 Å². The maximum absolute atomic E-state index is 5.87. The molecule has 0 bridgehead atoms. The summed E-state index contributed by atoms with van der Waals surface area (Å²) in [5.74, 6) is 1.08. The quantitative estimate of drug-likeness (QED) is 0.314. The molecule has 1 aliphatic carbocycles. The Morgan fingerprint density at radius 2 is 1.66 bits per heavy atom. The van der Waals surface area contributed by atoms with Gasteiger partial charge in [0.25, 0.3) is 0 Å². The van der Waals surface area contributed by atoms with Crippen LogP contribution in [0.15, 0.2) is 78.0 Å². The van der Waals surface area contributed by atoms with E-state index in [0.29, 0.717) is 18.4 Å². The van der Waals surface area contributed by atoms with E-state index < -0.39 is 0 Å². The van der Waals surface area contributed by atoms with Crippen LogP contribution < -0.4 is 0 Å². The Bertz CT molecular complexity index is 983. The molecule has 0 spiro atoms. The number of benzene rings is 3. The van der Waals surface area contributed by atoms with Crippen LogP contribution in [0.2, 0.25) is 0 Å². The average Bonchev–Trinajstić information content (AvgIpc) is 3.58. The minimum absolute atomic E-state index is 0.493. The zero-order valence-electron chi connectivity index (χ0n) is 17.6. The number of rotatable bonds is 7. The van der Waals surface area contributed by atoms with Gasteiger partial charge in [-0.1, -0.05) is 91.8 Å². The largest absolute Gasteiger partial charge is 0.391 e. The first-order valence-electron chi connectivity index (χ1n) is 10.6. The van der Waals surface area contributed by atoms with Crippen LogP contribution in [0.5, 0.6) is 0 Å². The van der Waals surface area contributed by atoms with Crippen LogP contribution in [0.1, 0.15) is 54.9 Å². The topological polar surface area (TPSA) is 21.6 Å². The van der Waals surface area contributed by atoms with E-state index >= 15 is 0 Å². The molecule has 4 rings (SSSR count). The zero-order valence-corrected chi connectivity index (χ0v) is 17.6. The summed E-state index contributed by atoms with van der Waals surface area (Å²) in [6, 6.07) is 25.7. The third-order valence-corrected chi connectivity index (χ3v) is 5.75. The van der Waals surface area contributed by atoms with Crippen molar-refractivity contribution in [2.45, 2.75) is 46.1 Å². The van der Waals surface area contributed by atoms with Crippen molar-refractivity contribution >= 4 is 5.71 Å². The Morgan fingerprint density at radius 3 is 2.31 bits per heavy atom. The molecule has 3 aromatic rings. The van der Waals surface area contributed by atoms with Gasteiger partial charge < -0.3 is 4.84 Å². The lowest BCUT2D eigenvalue weighted by atomic mass is 9.97. The van der Waals surface area contributed by atoms with E-state index in [9.17, 15) is 0 Å². The minimum atomic E-state index is 0.493. The molecular weight excluding hydrogens is 354 g/mol. The second-order valence-corrected chi connectivity index (χ2v) is 8.26. The van der Waals surface area contributed by atoms with Crippen molar-refractivity contribution in [1.29, 1.82) is 0 Å². The van der Waals surface area contributed by atoms with Crippen molar-refractivity contribution in [3.63, 3.8) is 0 Å². The van der Waals surface area contributed by atoms with Gasteiger partial charge in [-0.15, -0.1) is 0 Å². The van der Waals surface area contributed by atoms with E-state index in [0.717, 1.165) is 5.71 Å². The molecule has 29 heavy (non-hydrogen) atoms. The normalized spacial score (nSPS) is 14.3. The SMILES string of the molecule is Cc1c(CO/N=C(/c2ccc(C(C)C)cc2)C2CC2)cccc1-c1ccccc1. The highest BCUT2D eigenvalue weighted by molar-refractivity contribution is 6.03. The molecule has 0 aliphatic heterocycles. The van der Waals surface area contributed by atoms with Crippen molar-refractivity contribution in [2.24, 2.45) is 11.1 Å². The summed E-state index contributed by atoms with van der Waals surface area (Å²) in [6.07, 6.45) is 2.41. The van der Waals surface area contributed by atoms with Gasteiger partial charge in [-0.3, -0.25) is 0 Å². The van der Waals surface area contributed by atoms with Crippen molar-refractivity contribution in [3.8, 4) is 11.1 Å². The fraction of sp³-hybridized carbons (Fsp3) is 0.296. The molecule has 1 fully saturated rings. The van der Waals surface area contributed by atoms with Gasteiger partial charge in [0.1, 0.15) is 6.61 Å². The molecule has 0 aromatic heterocycles. The van der Waals surface area contributed by atoms with Crippen molar-refractivity contribution in [2.75, 3.05) is 0 Å². The van der Waals surface area contributed by atoms with Crippen LogP contribution in [0.4, 0.5) is 0 Å². The van der Waals surface area contributed by atoms with E-state index in [1.54, 1.807) is 0 Å². The molecule has 1 saturated carbocycles. The van der Waals surface area contributed by atoms with Crippen LogP contribution in [-0.2, 0) is 11.4 Å². The van der Waals surface area contributed by atoms with Crippen LogP contribution in [0.25, 0.3) is 11.1 Å². The summed E-state index contributed by atoms with van der Waals surface area (Å²) in [4.78, 5) is 5.87. The monoisotopic (exact) mass is 383 g/mol. The van der Waals surface area contributed by atoms with Gasteiger partial charge in [0.05, 0.1) is 5.71 Å². The summed E-state index contributed by atoms with van der Waals surface area (Å²) < 4.78 is 0. The molecule has 0 unspecified atom stereocenters. The lowest BCUT2D eigenvalue weighted by molar-refractivity contribution is 0.129. The van der Waals surface area contributed by atoms with Gasteiger partial charge in [-0.25, -0.2) is 0 Å². The predicted octanol–water partition coefficient (Wildman–Crippen LogP) is 7.12. The second-order valence-electron chi connectivity index (χ2n) is 8.26. The Morgan fingerprint density at radius 1 is 0.931 bits per heavy atom. The molecule has 0 saturated heterocycles. The summed E-state index contributed by atoms with van der Waals surface area (Å²) in [5, 5.41) is 4.59. The Kier molecular flexibility index (Phi) is 5.80. The van der Waals surface area contributed by atoms with Gasteiger partial charge >= 0.3 is 0 Å². The summed E-state index contributed by atoms with van der Waals surface area (Å²) in [7, 11) is 0. The van der Waals surface area contributed by atoms with E-state index in [4.69, 9.17) is 4.84 Å².